The van der Waals surface area contributed by atoms with Gasteiger partial charge in [0.05, 0.1) is 6.20 Å². The first kappa shape index (κ1) is 15.3. The molecule has 0 aliphatic heterocycles. The van der Waals surface area contributed by atoms with E-state index in [9.17, 15) is 13.2 Å². The number of benzene rings is 1. The zero-order valence-corrected chi connectivity index (χ0v) is 11.2. The minimum absolute atomic E-state index is 0.211. The molecular formula is C13H15F3N4O. The van der Waals surface area contributed by atoms with Crippen molar-refractivity contribution in [3.05, 3.63) is 42.2 Å². The summed E-state index contributed by atoms with van der Waals surface area (Å²) in [6.07, 6.45) is -0.350. The van der Waals surface area contributed by atoms with Crippen LogP contribution in [-0.4, -0.2) is 27.9 Å². The van der Waals surface area contributed by atoms with Crippen LogP contribution in [0, 0.1) is 0 Å². The van der Waals surface area contributed by atoms with Crippen LogP contribution in [0.5, 0.6) is 5.75 Å². The van der Waals surface area contributed by atoms with Gasteiger partial charge in [0.1, 0.15) is 5.75 Å². The fourth-order valence-corrected chi connectivity index (χ4v) is 1.76. The normalized spacial score (nSPS) is 11.6. The first-order valence-electron chi connectivity index (χ1n) is 6.42. The van der Waals surface area contributed by atoms with Crippen molar-refractivity contribution in [1.82, 2.24) is 20.3 Å². The Balaban J connectivity index is 1.66. The minimum atomic E-state index is -4.65. The Morgan fingerprint density at radius 3 is 2.57 bits per heavy atom. The highest BCUT2D eigenvalue weighted by molar-refractivity contribution is 5.27. The van der Waals surface area contributed by atoms with Gasteiger partial charge in [-0.1, -0.05) is 17.3 Å². The predicted molar refractivity (Wildman–Crippen MR) is 69.5 cm³/mol. The number of ether oxygens (including phenoxy) is 1. The van der Waals surface area contributed by atoms with E-state index < -0.39 is 6.36 Å². The molecule has 0 radical (unpaired) electrons. The molecule has 0 aliphatic rings. The van der Waals surface area contributed by atoms with Crippen LogP contribution in [0.4, 0.5) is 13.2 Å². The van der Waals surface area contributed by atoms with E-state index in [1.165, 1.54) is 12.1 Å². The smallest absolute Gasteiger partial charge is 0.406 e. The second kappa shape index (κ2) is 7.07. The van der Waals surface area contributed by atoms with Crippen molar-refractivity contribution < 1.29 is 17.9 Å². The number of aryl methyl sites for hydroxylation is 1. The molecule has 0 fully saturated rings. The third-order valence-corrected chi connectivity index (χ3v) is 2.70. The molecule has 5 nitrogen and oxygen atoms in total. The van der Waals surface area contributed by atoms with E-state index in [4.69, 9.17) is 0 Å². The second-order valence-electron chi connectivity index (χ2n) is 4.39. The molecule has 1 N–H and O–H groups in total. The van der Waals surface area contributed by atoms with Crippen molar-refractivity contribution in [2.75, 3.05) is 6.54 Å². The first-order chi connectivity index (χ1) is 10.0. The molecule has 0 aliphatic carbocycles. The molecule has 8 heteroatoms. The topological polar surface area (TPSA) is 52.0 Å². The van der Waals surface area contributed by atoms with Gasteiger partial charge in [-0.15, -0.1) is 18.3 Å². The minimum Gasteiger partial charge on any atom is -0.406 e. The maximum atomic E-state index is 12.0. The van der Waals surface area contributed by atoms with Gasteiger partial charge < -0.3 is 10.1 Å². The van der Waals surface area contributed by atoms with Gasteiger partial charge in [0.15, 0.2) is 0 Å². The summed E-state index contributed by atoms with van der Waals surface area (Å²) in [4.78, 5) is 0. The van der Waals surface area contributed by atoms with E-state index in [1.807, 2.05) is 0 Å². The Morgan fingerprint density at radius 2 is 1.95 bits per heavy atom. The lowest BCUT2D eigenvalue weighted by atomic mass is 10.2. The van der Waals surface area contributed by atoms with Crippen molar-refractivity contribution in [3.8, 4) is 5.75 Å². The van der Waals surface area contributed by atoms with Gasteiger partial charge in [-0.25, -0.2) is 0 Å². The molecule has 2 aromatic rings. The van der Waals surface area contributed by atoms with Gasteiger partial charge in [0, 0.05) is 19.3 Å². The average Bonchev–Trinajstić information content (AvgIpc) is 2.92. The van der Waals surface area contributed by atoms with Crippen molar-refractivity contribution in [1.29, 1.82) is 0 Å². The van der Waals surface area contributed by atoms with Gasteiger partial charge in [-0.2, -0.15) is 0 Å². The summed E-state index contributed by atoms with van der Waals surface area (Å²) in [5, 5.41) is 10.8. The van der Waals surface area contributed by atoms with E-state index in [-0.39, 0.29) is 5.75 Å². The van der Waals surface area contributed by atoms with E-state index in [2.05, 4.69) is 20.4 Å². The molecular weight excluding hydrogens is 285 g/mol. The third-order valence-electron chi connectivity index (χ3n) is 2.70. The molecule has 2 rings (SSSR count). The van der Waals surface area contributed by atoms with Gasteiger partial charge in [-0.05, 0) is 30.7 Å². The fourth-order valence-electron chi connectivity index (χ4n) is 1.76. The van der Waals surface area contributed by atoms with Crippen molar-refractivity contribution >= 4 is 0 Å². The zero-order chi connectivity index (χ0) is 15.1. The molecule has 1 aromatic heterocycles. The fraction of sp³-hybridized carbons (Fsp3) is 0.385. The molecule has 0 atom stereocenters. The Kier molecular flexibility index (Phi) is 5.15. The SMILES string of the molecule is FC(F)(F)Oc1ccc(CNCCCn2ccnn2)cc1. The van der Waals surface area contributed by atoms with Crippen molar-refractivity contribution in [2.24, 2.45) is 0 Å². The predicted octanol–water partition coefficient (Wildman–Crippen LogP) is 2.36. The van der Waals surface area contributed by atoms with Crippen LogP contribution < -0.4 is 10.1 Å². The second-order valence-corrected chi connectivity index (χ2v) is 4.39. The Morgan fingerprint density at radius 1 is 1.19 bits per heavy atom. The van der Waals surface area contributed by atoms with Crippen LogP contribution in [0.25, 0.3) is 0 Å². The van der Waals surface area contributed by atoms with Crippen LogP contribution in [-0.2, 0) is 13.1 Å². The van der Waals surface area contributed by atoms with Gasteiger partial charge >= 0.3 is 6.36 Å². The molecule has 1 heterocycles. The molecule has 0 saturated heterocycles. The van der Waals surface area contributed by atoms with Crippen molar-refractivity contribution in [3.63, 3.8) is 0 Å². The third kappa shape index (κ3) is 5.82. The lowest BCUT2D eigenvalue weighted by Gasteiger charge is -2.09. The summed E-state index contributed by atoms with van der Waals surface area (Å²) in [6, 6.07) is 5.82. The van der Waals surface area contributed by atoms with Crippen LogP contribution in [0.15, 0.2) is 36.7 Å². The highest BCUT2D eigenvalue weighted by Gasteiger charge is 2.30. The van der Waals surface area contributed by atoms with E-state index in [0.29, 0.717) is 6.54 Å². The van der Waals surface area contributed by atoms with Gasteiger partial charge in [0.25, 0.3) is 0 Å². The number of nitrogens with zero attached hydrogens (tertiary/aromatic N) is 3. The molecule has 114 valence electrons. The largest absolute Gasteiger partial charge is 0.573 e. The summed E-state index contributed by atoms with van der Waals surface area (Å²) < 4.78 is 41.5. The van der Waals surface area contributed by atoms with Gasteiger partial charge in [0.2, 0.25) is 0 Å². The zero-order valence-electron chi connectivity index (χ0n) is 11.2. The Labute approximate surface area is 119 Å². The Bertz CT molecular complexity index is 525. The first-order valence-corrected chi connectivity index (χ1v) is 6.42. The lowest BCUT2D eigenvalue weighted by Crippen LogP contribution is -2.18. The summed E-state index contributed by atoms with van der Waals surface area (Å²) in [5.74, 6) is -0.211. The standard InChI is InChI=1S/C13H15F3N4O/c14-13(15,16)21-12-4-2-11(3-5-12)10-17-6-1-8-20-9-7-18-19-20/h2-5,7,9,17H,1,6,8,10H2. The number of halogens is 3. The van der Waals surface area contributed by atoms with Crippen LogP contribution in [0.1, 0.15) is 12.0 Å². The molecule has 0 spiro atoms. The number of aromatic nitrogens is 3. The lowest BCUT2D eigenvalue weighted by molar-refractivity contribution is -0.274. The molecule has 1 aromatic carbocycles. The maximum Gasteiger partial charge on any atom is 0.573 e. The molecule has 0 amide bonds. The molecule has 0 saturated carbocycles. The van der Waals surface area contributed by atoms with Crippen LogP contribution in [0.3, 0.4) is 0 Å². The highest BCUT2D eigenvalue weighted by atomic mass is 19.4. The number of hydrogen-bond acceptors (Lipinski definition) is 4. The number of nitrogens with one attached hydrogen (secondary N) is 1. The number of alkyl halides is 3. The van der Waals surface area contributed by atoms with E-state index in [0.717, 1.165) is 25.1 Å². The maximum absolute atomic E-state index is 12.0. The average molecular weight is 300 g/mol. The number of rotatable bonds is 7. The Hall–Kier alpha value is -2.09. The molecule has 21 heavy (non-hydrogen) atoms. The molecule has 0 unspecified atom stereocenters. The summed E-state index contributed by atoms with van der Waals surface area (Å²) in [7, 11) is 0. The number of hydrogen-bond donors (Lipinski definition) is 1. The highest BCUT2D eigenvalue weighted by Crippen LogP contribution is 2.22. The summed E-state index contributed by atoms with van der Waals surface area (Å²) >= 11 is 0. The summed E-state index contributed by atoms with van der Waals surface area (Å²) in [6.45, 7) is 2.13. The van der Waals surface area contributed by atoms with Crippen LogP contribution >= 0.6 is 0 Å². The van der Waals surface area contributed by atoms with E-state index >= 15 is 0 Å². The monoisotopic (exact) mass is 300 g/mol. The van der Waals surface area contributed by atoms with Gasteiger partial charge in [-0.3, -0.25) is 4.68 Å². The molecule has 0 bridgehead atoms. The quantitative estimate of drug-likeness (QED) is 0.798. The van der Waals surface area contributed by atoms with Crippen molar-refractivity contribution in [2.45, 2.75) is 25.9 Å². The summed E-state index contributed by atoms with van der Waals surface area (Å²) in [5.41, 5.74) is 0.894. The van der Waals surface area contributed by atoms with Crippen LogP contribution in [0.2, 0.25) is 0 Å². The van der Waals surface area contributed by atoms with E-state index in [1.54, 1.807) is 29.2 Å².